The molecule has 0 bridgehead atoms. The van der Waals surface area contributed by atoms with Crippen LogP contribution in [0.1, 0.15) is 29.5 Å². The second-order valence-electron chi connectivity index (χ2n) is 5.30. The molecule has 0 aliphatic heterocycles. The van der Waals surface area contributed by atoms with E-state index in [0.717, 1.165) is 17.7 Å². The Hall–Kier alpha value is -1.06. The highest BCUT2D eigenvalue weighted by Crippen LogP contribution is 2.41. The fourth-order valence-electron chi connectivity index (χ4n) is 3.15. The lowest BCUT2D eigenvalue weighted by atomic mass is 9.70. The van der Waals surface area contributed by atoms with Gasteiger partial charge in [-0.1, -0.05) is 13.0 Å². The van der Waals surface area contributed by atoms with Crippen LogP contribution >= 0.6 is 0 Å². The number of fused-ring (bicyclic) bond motifs is 1. The van der Waals surface area contributed by atoms with Gasteiger partial charge in [0.1, 0.15) is 5.75 Å². The third-order valence-electron chi connectivity index (χ3n) is 4.32. The first-order chi connectivity index (χ1) is 8.62. The third kappa shape index (κ3) is 2.13. The summed E-state index contributed by atoms with van der Waals surface area (Å²) in [5.74, 6) is 1.47. The summed E-state index contributed by atoms with van der Waals surface area (Å²) in [6.07, 6.45) is 0.818. The fourth-order valence-corrected chi connectivity index (χ4v) is 3.15. The number of aryl methyl sites for hydroxylation is 1. The quantitative estimate of drug-likeness (QED) is 0.861. The van der Waals surface area contributed by atoms with Gasteiger partial charge in [-0.25, -0.2) is 0 Å². The van der Waals surface area contributed by atoms with Gasteiger partial charge in [-0.2, -0.15) is 0 Å². The van der Waals surface area contributed by atoms with Crippen LogP contribution in [0.5, 0.6) is 5.75 Å². The summed E-state index contributed by atoms with van der Waals surface area (Å²) in [6.45, 7) is 4.44. The van der Waals surface area contributed by atoms with Crippen molar-refractivity contribution in [1.29, 1.82) is 0 Å². The van der Waals surface area contributed by atoms with E-state index >= 15 is 0 Å². The predicted octanol–water partition coefficient (Wildman–Crippen LogP) is 1.88. The zero-order valence-corrected chi connectivity index (χ0v) is 11.3. The number of aliphatic hydroxyl groups excluding tert-OH is 2. The van der Waals surface area contributed by atoms with Crippen LogP contribution in [0, 0.1) is 18.8 Å². The molecule has 0 saturated heterocycles. The first-order valence-corrected chi connectivity index (χ1v) is 6.51. The standard InChI is InChI=1S/C15H22O3/c1-9-4-13-10(2)14(8-17)12(7-16)5-11(13)6-15(9)18-3/h4,6,10,12,14,16-17H,5,7-8H2,1-3H3. The van der Waals surface area contributed by atoms with Crippen LogP contribution < -0.4 is 4.74 Å². The first-order valence-electron chi connectivity index (χ1n) is 6.51. The number of benzene rings is 1. The van der Waals surface area contributed by atoms with Gasteiger partial charge in [0.05, 0.1) is 7.11 Å². The van der Waals surface area contributed by atoms with Crippen molar-refractivity contribution in [1.82, 2.24) is 0 Å². The molecule has 0 spiro atoms. The Morgan fingerprint density at radius 2 is 2.00 bits per heavy atom. The summed E-state index contributed by atoms with van der Waals surface area (Å²) in [5.41, 5.74) is 3.66. The fraction of sp³-hybridized carbons (Fsp3) is 0.600. The molecule has 0 radical (unpaired) electrons. The highest BCUT2D eigenvalue weighted by molar-refractivity contribution is 5.45. The Balaban J connectivity index is 2.45. The SMILES string of the molecule is COc1cc2c(cc1C)C(C)C(CO)C(CO)C2. The van der Waals surface area contributed by atoms with Crippen molar-refractivity contribution < 1.29 is 14.9 Å². The molecule has 0 saturated carbocycles. The Bertz CT molecular complexity index is 428. The summed E-state index contributed by atoms with van der Waals surface area (Å²) in [6, 6.07) is 4.24. The zero-order chi connectivity index (χ0) is 13.3. The van der Waals surface area contributed by atoms with E-state index in [1.54, 1.807) is 7.11 Å². The maximum atomic E-state index is 9.52. The van der Waals surface area contributed by atoms with Gasteiger partial charge in [-0.3, -0.25) is 0 Å². The van der Waals surface area contributed by atoms with Crippen molar-refractivity contribution in [3.8, 4) is 5.75 Å². The molecule has 0 aromatic heterocycles. The summed E-state index contributed by atoms with van der Waals surface area (Å²) in [7, 11) is 1.68. The van der Waals surface area contributed by atoms with Gasteiger partial charge in [0.2, 0.25) is 0 Å². The smallest absolute Gasteiger partial charge is 0.122 e. The molecule has 1 aromatic rings. The molecule has 0 fully saturated rings. The number of ether oxygens (including phenoxy) is 1. The first kappa shape index (κ1) is 13.4. The van der Waals surface area contributed by atoms with Gasteiger partial charge in [-0.15, -0.1) is 0 Å². The Morgan fingerprint density at radius 3 is 2.56 bits per heavy atom. The van der Waals surface area contributed by atoms with E-state index < -0.39 is 0 Å². The summed E-state index contributed by atoms with van der Waals surface area (Å²) in [5, 5.41) is 19.0. The van der Waals surface area contributed by atoms with Crippen LogP contribution in [0.4, 0.5) is 0 Å². The van der Waals surface area contributed by atoms with E-state index in [4.69, 9.17) is 4.74 Å². The van der Waals surface area contributed by atoms with Gasteiger partial charge >= 0.3 is 0 Å². The van der Waals surface area contributed by atoms with Crippen LogP contribution in [0.25, 0.3) is 0 Å². The minimum absolute atomic E-state index is 0.130. The van der Waals surface area contributed by atoms with E-state index in [2.05, 4.69) is 19.1 Å². The molecule has 0 amide bonds. The molecule has 100 valence electrons. The molecule has 1 aromatic carbocycles. The van der Waals surface area contributed by atoms with Crippen molar-refractivity contribution in [2.75, 3.05) is 20.3 Å². The lowest BCUT2D eigenvalue weighted by Crippen LogP contribution is -2.33. The highest BCUT2D eigenvalue weighted by atomic mass is 16.5. The van der Waals surface area contributed by atoms with Crippen molar-refractivity contribution in [2.24, 2.45) is 11.8 Å². The number of methoxy groups -OCH3 is 1. The van der Waals surface area contributed by atoms with Gasteiger partial charge in [0, 0.05) is 13.2 Å². The molecule has 3 heteroatoms. The zero-order valence-electron chi connectivity index (χ0n) is 11.3. The Kier molecular flexibility index (Phi) is 3.93. The third-order valence-corrected chi connectivity index (χ3v) is 4.32. The lowest BCUT2D eigenvalue weighted by Gasteiger charge is -2.36. The van der Waals surface area contributed by atoms with Crippen LogP contribution in [0.3, 0.4) is 0 Å². The van der Waals surface area contributed by atoms with Crippen LogP contribution in [0.15, 0.2) is 12.1 Å². The number of aliphatic hydroxyl groups is 2. The molecule has 2 N–H and O–H groups in total. The largest absolute Gasteiger partial charge is 0.496 e. The van der Waals surface area contributed by atoms with Crippen molar-refractivity contribution in [3.63, 3.8) is 0 Å². The number of hydrogen-bond donors (Lipinski definition) is 2. The van der Waals surface area contributed by atoms with Crippen molar-refractivity contribution in [2.45, 2.75) is 26.2 Å². The minimum atomic E-state index is 0.130. The molecule has 18 heavy (non-hydrogen) atoms. The molecule has 2 rings (SSSR count). The predicted molar refractivity (Wildman–Crippen MR) is 71.0 cm³/mol. The minimum Gasteiger partial charge on any atom is -0.496 e. The summed E-state index contributed by atoms with van der Waals surface area (Å²) in [4.78, 5) is 0. The second kappa shape index (κ2) is 5.29. The van der Waals surface area contributed by atoms with E-state index in [1.165, 1.54) is 11.1 Å². The molecule has 3 nitrogen and oxygen atoms in total. The average Bonchev–Trinajstić information content (AvgIpc) is 2.38. The second-order valence-corrected chi connectivity index (χ2v) is 5.30. The van der Waals surface area contributed by atoms with E-state index in [1.807, 2.05) is 6.92 Å². The molecular weight excluding hydrogens is 228 g/mol. The Morgan fingerprint density at radius 1 is 1.28 bits per heavy atom. The molecule has 3 unspecified atom stereocenters. The van der Waals surface area contributed by atoms with Gasteiger partial charge in [-0.05, 0) is 53.9 Å². The maximum Gasteiger partial charge on any atom is 0.122 e. The molecule has 1 aliphatic carbocycles. The van der Waals surface area contributed by atoms with Gasteiger partial charge < -0.3 is 14.9 Å². The van der Waals surface area contributed by atoms with Crippen LogP contribution in [-0.4, -0.2) is 30.5 Å². The topological polar surface area (TPSA) is 49.7 Å². The molecular formula is C15H22O3. The Labute approximate surface area is 108 Å². The average molecular weight is 250 g/mol. The molecule has 1 aliphatic rings. The van der Waals surface area contributed by atoms with Gasteiger partial charge in [0.15, 0.2) is 0 Å². The molecule has 3 atom stereocenters. The highest BCUT2D eigenvalue weighted by Gasteiger charge is 2.33. The van der Waals surface area contributed by atoms with Gasteiger partial charge in [0.25, 0.3) is 0 Å². The monoisotopic (exact) mass is 250 g/mol. The summed E-state index contributed by atoms with van der Waals surface area (Å²) >= 11 is 0. The lowest BCUT2D eigenvalue weighted by molar-refractivity contribution is 0.0968. The summed E-state index contributed by atoms with van der Waals surface area (Å²) < 4.78 is 5.36. The maximum absolute atomic E-state index is 9.52. The van der Waals surface area contributed by atoms with Crippen LogP contribution in [0.2, 0.25) is 0 Å². The van der Waals surface area contributed by atoms with E-state index in [-0.39, 0.29) is 31.0 Å². The number of rotatable bonds is 3. The number of hydrogen-bond acceptors (Lipinski definition) is 3. The van der Waals surface area contributed by atoms with E-state index in [9.17, 15) is 10.2 Å². The van der Waals surface area contributed by atoms with Crippen molar-refractivity contribution in [3.05, 3.63) is 28.8 Å². The van der Waals surface area contributed by atoms with E-state index in [0.29, 0.717) is 0 Å². The molecule has 0 heterocycles. The van der Waals surface area contributed by atoms with Crippen LogP contribution in [-0.2, 0) is 6.42 Å². The van der Waals surface area contributed by atoms with Crippen molar-refractivity contribution >= 4 is 0 Å². The normalized spacial score (nSPS) is 26.8.